The second-order valence-corrected chi connectivity index (χ2v) is 10.1. The van der Waals surface area contributed by atoms with E-state index in [-0.39, 0.29) is 22.8 Å². The number of ether oxygens (including phenoxy) is 1. The lowest BCUT2D eigenvalue weighted by atomic mass is 9.97. The average Bonchev–Trinajstić information content (AvgIpc) is 3.06. The van der Waals surface area contributed by atoms with E-state index >= 15 is 0 Å². The van der Waals surface area contributed by atoms with Gasteiger partial charge in [-0.3, -0.25) is 9.36 Å². The Bertz CT molecular complexity index is 989. The number of carbonyl (C=O) groups is 1. The Kier molecular flexibility index (Phi) is 6.38. The van der Waals surface area contributed by atoms with Crippen molar-refractivity contribution in [2.75, 3.05) is 19.3 Å². The van der Waals surface area contributed by atoms with Gasteiger partial charge in [-0.1, -0.05) is 23.1 Å². The van der Waals surface area contributed by atoms with E-state index < -0.39 is 29.3 Å². The van der Waals surface area contributed by atoms with Gasteiger partial charge in [-0.2, -0.15) is 13.2 Å². The van der Waals surface area contributed by atoms with Crippen LogP contribution in [0.25, 0.3) is 10.3 Å². The largest absolute Gasteiger partial charge is 0.449 e. The van der Waals surface area contributed by atoms with Gasteiger partial charge in [-0.25, -0.2) is 14.8 Å². The molecule has 166 valence electrons. The van der Waals surface area contributed by atoms with Crippen molar-refractivity contribution < 1.29 is 22.7 Å². The fraction of sp³-hybridized carbons (Fsp3) is 0.667. The first kappa shape index (κ1) is 22.9. The molecule has 0 unspecified atom stereocenters. The zero-order valence-electron chi connectivity index (χ0n) is 17.1. The van der Waals surface area contributed by atoms with Gasteiger partial charge in [-0.15, -0.1) is 0 Å². The molecular formula is C18H23F3N4O3S2. The van der Waals surface area contributed by atoms with Gasteiger partial charge in [0.25, 0.3) is 5.56 Å². The van der Waals surface area contributed by atoms with Gasteiger partial charge in [0.05, 0.1) is 0 Å². The maximum absolute atomic E-state index is 13.6. The Labute approximate surface area is 179 Å². The number of carbonyl (C=O) groups excluding carboxylic acids is 1. The number of rotatable bonds is 3. The quantitative estimate of drug-likeness (QED) is 0.633. The SMILES string of the molecule is CSc1nc2c(=O)n(CC3CCN(C(=O)OC(C)(C)C)CC3)c(C(F)(F)F)nc2s1. The van der Waals surface area contributed by atoms with E-state index in [4.69, 9.17) is 4.74 Å². The van der Waals surface area contributed by atoms with E-state index in [1.165, 1.54) is 11.8 Å². The van der Waals surface area contributed by atoms with Gasteiger partial charge < -0.3 is 9.64 Å². The van der Waals surface area contributed by atoms with E-state index in [0.717, 1.165) is 11.3 Å². The van der Waals surface area contributed by atoms with Gasteiger partial charge in [0, 0.05) is 19.6 Å². The molecule has 1 amide bonds. The number of halogens is 3. The van der Waals surface area contributed by atoms with Gasteiger partial charge in [0.1, 0.15) is 5.60 Å². The molecule has 7 nitrogen and oxygen atoms in total. The molecule has 30 heavy (non-hydrogen) atoms. The number of amides is 1. The predicted molar refractivity (Wildman–Crippen MR) is 109 cm³/mol. The van der Waals surface area contributed by atoms with Crippen LogP contribution in [0, 0.1) is 5.92 Å². The van der Waals surface area contributed by atoms with Crippen LogP contribution >= 0.6 is 23.1 Å². The van der Waals surface area contributed by atoms with E-state index in [2.05, 4.69) is 9.97 Å². The number of hydrogen-bond donors (Lipinski definition) is 0. The molecule has 12 heteroatoms. The number of likely N-dealkylation sites (tertiary alicyclic amines) is 1. The summed E-state index contributed by atoms with van der Waals surface area (Å²) in [7, 11) is 0. The standard InChI is InChI=1S/C18H23F3N4O3S2/c1-17(2,3)28-16(27)24-7-5-10(6-8-24)9-25-13(26)11-12(30-15(22-11)29-4)23-14(25)18(19,20)21/h10H,5-9H2,1-4H3. The highest BCUT2D eigenvalue weighted by Crippen LogP contribution is 2.32. The van der Waals surface area contributed by atoms with E-state index in [0.29, 0.717) is 34.8 Å². The molecule has 0 N–H and O–H groups in total. The number of aromatic nitrogens is 3. The summed E-state index contributed by atoms with van der Waals surface area (Å²) in [6.45, 7) is 5.91. The van der Waals surface area contributed by atoms with Crippen LogP contribution in [0.5, 0.6) is 0 Å². The summed E-state index contributed by atoms with van der Waals surface area (Å²) in [4.78, 5) is 34.4. The molecular weight excluding hydrogens is 441 g/mol. The summed E-state index contributed by atoms with van der Waals surface area (Å²) in [6.07, 6.45) is -2.53. The number of thiazole rings is 1. The Morgan fingerprint density at radius 3 is 2.40 bits per heavy atom. The summed E-state index contributed by atoms with van der Waals surface area (Å²) < 4.78 is 47.4. The molecule has 1 aliphatic heterocycles. The molecule has 2 aromatic rings. The fourth-order valence-electron chi connectivity index (χ4n) is 3.24. The smallest absolute Gasteiger partial charge is 0.444 e. The Hall–Kier alpha value is -1.82. The molecule has 1 fully saturated rings. The van der Waals surface area contributed by atoms with Crippen LogP contribution in [0.1, 0.15) is 39.4 Å². The summed E-state index contributed by atoms with van der Waals surface area (Å²) in [6, 6.07) is 0. The van der Waals surface area contributed by atoms with Crippen molar-refractivity contribution in [1.82, 2.24) is 19.4 Å². The van der Waals surface area contributed by atoms with Crippen LogP contribution in [-0.4, -0.2) is 50.5 Å². The normalized spacial score (nSPS) is 16.3. The van der Waals surface area contributed by atoms with Crippen molar-refractivity contribution in [3.05, 3.63) is 16.2 Å². The minimum Gasteiger partial charge on any atom is -0.444 e. The van der Waals surface area contributed by atoms with Crippen molar-refractivity contribution in [3.63, 3.8) is 0 Å². The minimum absolute atomic E-state index is 0.00679. The highest BCUT2D eigenvalue weighted by molar-refractivity contribution is 8.00. The van der Waals surface area contributed by atoms with Crippen LogP contribution in [0.4, 0.5) is 18.0 Å². The summed E-state index contributed by atoms with van der Waals surface area (Å²) >= 11 is 2.23. The van der Waals surface area contributed by atoms with Crippen LogP contribution < -0.4 is 5.56 Å². The highest BCUT2D eigenvalue weighted by atomic mass is 32.2. The molecule has 0 radical (unpaired) electrons. The maximum Gasteiger partial charge on any atom is 0.449 e. The van der Waals surface area contributed by atoms with E-state index in [1.54, 1.807) is 31.9 Å². The van der Waals surface area contributed by atoms with Gasteiger partial charge in [0.15, 0.2) is 14.7 Å². The van der Waals surface area contributed by atoms with Crippen LogP contribution in [0.2, 0.25) is 0 Å². The molecule has 3 rings (SSSR count). The first-order chi connectivity index (χ1) is 13.9. The Balaban J connectivity index is 1.81. The highest BCUT2D eigenvalue weighted by Gasteiger charge is 2.39. The van der Waals surface area contributed by atoms with Crippen LogP contribution in [-0.2, 0) is 17.5 Å². The molecule has 2 aromatic heterocycles. The lowest BCUT2D eigenvalue weighted by Gasteiger charge is -2.33. The lowest BCUT2D eigenvalue weighted by Crippen LogP contribution is -2.43. The van der Waals surface area contributed by atoms with Crippen molar-refractivity contribution in [2.45, 2.75) is 56.3 Å². The average molecular weight is 465 g/mol. The molecule has 3 heterocycles. The molecule has 0 saturated carbocycles. The third-order valence-corrected chi connectivity index (χ3v) is 6.57. The third kappa shape index (κ3) is 5.08. The van der Waals surface area contributed by atoms with E-state index in [9.17, 15) is 22.8 Å². The first-order valence-electron chi connectivity index (χ1n) is 9.39. The molecule has 0 atom stereocenters. The minimum atomic E-state index is -4.76. The topological polar surface area (TPSA) is 77.3 Å². The Morgan fingerprint density at radius 2 is 1.87 bits per heavy atom. The van der Waals surface area contributed by atoms with Crippen LogP contribution in [0.15, 0.2) is 9.13 Å². The number of fused-ring (bicyclic) bond motifs is 1. The number of nitrogens with zero attached hydrogens (tertiary/aromatic N) is 4. The lowest BCUT2D eigenvalue weighted by molar-refractivity contribution is -0.148. The summed E-state index contributed by atoms with van der Waals surface area (Å²) in [5.41, 5.74) is -1.44. The zero-order valence-corrected chi connectivity index (χ0v) is 18.7. The Morgan fingerprint density at radius 1 is 1.23 bits per heavy atom. The second kappa shape index (κ2) is 8.37. The zero-order chi connectivity index (χ0) is 22.3. The molecule has 1 saturated heterocycles. The van der Waals surface area contributed by atoms with Crippen molar-refractivity contribution in [2.24, 2.45) is 5.92 Å². The summed E-state index contributed by atoms with van der Waals surface area (Å²) in [5.74, 6) is -1.40. The van der Waals surface area contributed by atoms with Crippen molar-refractivity contribution in [1.29, 1.82) is 0 Å². The van der Waals surface area contributed by atoms with Crippen LogP contribution in [0.3, 0.4) is 0 Å². The van der Waals surface area contributed by atoms with Gasteiger partial charge in [0.2, 0.25) is 5.82 Å². The molecule has 1 aliphatic rings. The third-order valence-electron chi connectivity index (χ3n) is 4.64. The number of thioether (sulfide) groups is 1. The van der Waals surface area contributed by atoms with E-state index in [1.807, 2.05) is 0 Å². The summed E-state index contributed by atoms with van der Waals surface area (Å²) in [5, 5.41) is 0. The van der Waals surface area contributed by atoms with Gasteiger partial charge >= 0.3 is 12.3 Å². The number of piperidine rings is 1. The monoisotopic (exact) mass is 464 g/mol. The first-order valence-corrected chi connectivity index (χ1v) is 11.4. The fourth-order valence-corrected chi connectivity index (χ4v) is 4.66. The molecule has 0 aromatic carbocycles. The van der Waals surface area contributed by atoms with Crippen molar-refractivity contribution >= 4 is 39.5 Å². The maximum atomic E-state index is 13.6. The molecule has 0 aliphatic carbocycles. The number of alkyl halides is 3. The number of hydrogen-bond acceptors (Lipinski definition) is 7. The van der Waals surface area contributed by atoms with Crippen molar-refractivity contribution in [3.8, 4) is 0 Å². The molecule has 0 spiro atoms. The second-order valence-electron chi connectivity index (χ2n) is 8.10. The predicted octanol–water partition coefficient (Wildman–Crippen LogP) is 4.24. The van der Waals surface area contributed by atoms with Gasteiger partial charge in [-0.05, 0) is 45.8 Å². The molecule has 0 bridgehead atoms.